The highest BCUT2D eigenvalue weighted by Crippen LogP contribution is 2.31. The van der Waals surface area contributed by atoms with Gasteiger partial charge in [0.25, 0.3) is 11.5 Å². The molecule has 0 spiro atoms. The summed E-state index contributed by atoms with van der Waals surface area (Å²) >= 11 is 0. The van der Waals surface area contributed by atoms with Gasteiger partial charge in [-0.3, -0.25) is 9.59 Å². The summed E-state index contributed by atoms with van der Waals surface area (Å²) < 4.78 is 3.11. The monoisotopic (exact) mass is 370 g/mol. The van der Waals surface area contributed by atoms with Crippen LogP contribution in [0.25, 0.3) is 16.9 Å². The Bertz CT molecular complexity index is 1220. The topological polar surface area (TPSA) is 60.1 Å². The Morgan fingerprint density at radius 1 is 1.00 bits per heavy atom. The number of aryl methyl sites for hydroxylation is 1. The molecule has 1 amide bonds. The van der Waals surface area contributed by atoms with Crippen LogP contribution in [0.15, 0.2) is 71.8 Å². The normalized spacial score (nSPS) is 13.1. The zero-order chi connectivity index (χ0) is 19.3. The van der Waals surface area contributed by atoms with Gasteiger partial charge in [-0.15, -0.1) is 0 Å². The number of anilines is 1. The van der Waals surface area contributed by atoms with Crippen LogP contribution in [0.1, 0.15) is 15.9 Å². The standard InChI is InChI=1S/C22H18N4O2/c1-24-13-17(21(27)25-12-11-15-7-5-6-10-19(15)25)20-18(14-24)22(28)26(23-20)16-8-3-2-4-9-16/h2-10,13-14H,11-12H2,1H3. The number of hydrogen-bond acceptors (Lipinski definition) is 3. The maximum Gasteiger partial charge on any atom is 0.282 e. The van der Waals surface area contributed by atoms with Gasteiger partial charge in [-0.05, 0) is 30.2 Å². The van der Waals surface area contributed by atoms with Gasteiger partial charge in [0.2, 0.25) is 0 Å². The number of pyridine rings is 1. The number of benzene rings is 2. The molecule has 3 aliphatic heterocycles. The van der Waals surface area contributed by atoms with E-state index in [0.29, 0.717) is 29.1 Å². The minimum Gasteiger partial charge on any atom is -0.356 e. The van der Waals surface area contributed by atoms with E-state index >= 15 is 0 Å². The van der Waals surface area contributed by atoms with Gasteiger partial charge >= 0.3 is 0 Å². The summed E-state index contributed by atoms with van der Waals surface area (Å²) in [7, 11) is 1.81. The number of aromatic nitrogens is 3. The average molecular weight is 370 g/mol. The Morgan fingerprint density at radius 3 is 2.57 bits per heavy atom. The minimum absolute atomic E-state index is 0.135. The molecule has 0 aliphatic carbocycles. The number of hydrogen-bond donors (Lipinski definition) is 0. The van der Waals surface area contributed by atoms with Crippen LogP contribution in [0.5, 0.6) is 0 Å². The van der Waals surface area contributed by atoms with E-state index < -0.39 is 0 Å². The van der Waals surface area contributed by atoms with Crippen molar-refractivity contribution in [2.75, 3.05) is 11.4 Å². The van der Waals surface area contributed by atoms with E-state index in [2.05, 4.69) is 5.10 Å². The lowest BCUT2D eigenvalue weighted by molar-refractivity contribution is 0.0989. The molecule has 2 aromatic carbocycles. The molecule has 0 fully saturated rings. The van der Waals surface area contributed by atoms with E-state index in [1.54, 1.807) is 21.9 Å². The fraction of sp³-hybridized carbons (Fsp3) is 0.136. The minimum atomic E-state index is -0.228. The average Bonchev–Trinajstić information content (AvgIpc) is 3.29. The van der Waals surface area contributed by atoms with Crippen molar-refractivity contribution in [1.82, 2.24) is 14.3 Å². The van der Waals surface area contributed by atoms with Gasteiger partial charge in [0.05, 0.1) is 16.8 Å². The van der Waals surface area contributed by atoms with E-state index in [1.165, 1.54) is 4.68 Å². The van der Waals surface area contributed by atoms with Crippen molar-refractivity contribution in [1.29, 1.82) is 0 Å². The van der Waals surface area contributed by atoms with Crippen LogP contribution in [0.2, 0.25) is 0 Å². The van der Waals surface area contributed by atoms with Crippen molar-refractivity contribution < 1.29 is 4.79 Å². The third kappa shape index (κ3) is 2.45. The lowest BCUT2D eigenvalue weighted by Gasteiger charge is -2.19. The van der Waals surface area contributed by atoms with Crippen LogP contribution < -0.4 is 10.5 Å². The first kappa shape index (κ1) is 16.5. The highest BCUT2D eigenvalue weighted by atomic mass is 16.2. The Balaban J connectivity index is 1.66. The largest absolute Gasteiger partial charge is 0.356 e. The van der Waals surface area contributed by atoms with Crippen LogP contribution in [-0.2, 0) is 13.5 Å². The highest BCUT2D eigenvalue weighted by Gasteiger charge is 2.30. The van der Waals surface area contributed by atoms with E-state index in [4.69, 9.17) is 0 Å². The summed E-state index contributed by atoms with van der Waals surface area (Å²) in [5.41, 5.74) is 3.84. The summed E-state index contributed by atoms with van der Waals surface area (Å²) in [5.74, 6) is -0.135. The maximum atomic E-state index is 13.4. The number of para-hydroxylation sites is 2. The second kappa shape index (κ2) is 6.20. The van der Waals surface area contributed by atoms with Gasteiger partial charge in [0.15, 0.2) is 0 Å². The van der Waals surface area contributed by atoms with E-state index in [-0.39, 0.29) is 11.5 Å². The lowest BCUT2D eigenvalue weighted by atomic mass is 10.1. The third-order valence-electron chi connectivity index (χ3n) is 5.16. The summed E-state index contributed by atoms with van der Waals surface area (Å²) in [5, 5.41) is 4.52. The van der Waals surface area contributed by atoms with Gasteiger partial charge in [-0.1, -0.05) is 36.4 Å². The molecule has 6 nitrogen and oxygen atoms in total. The molecular weight excluding hydrogens is 352 g/mol. The van der Waals surface area contributed by atoms with Crippen LogP contribution >= 0.6 is 0 Å². The lowest BCUT2D eigenvalue weighted by Crippen LogP contribution is -2.30. The second-order valence-corrected chi connectivity index (χ2v) is 6.99. The van der Waals surface area contributed by atoms with Gasteiger partial charge < -0.3 is 9.47 Å². The zero-order valence-electron chi connectivity index (χ0n) is 15.4. The Morgan fingerprint density at radius 2 is 1.75 bits per heavy atom. The first-order valence-corrected chi connectivity index (χ1v) is 9.18. The molecule has 0 bridgehead atoms. The van der Waals surface area contributed by atoms with Crippen molar-refractivity contribution in [2.24, 2.45) is 7.05 Å². The SMILES string of the molecule is Cn1cc(C(=O)N2CCc3ccccc32)c2nn(-c3ccccc3)c(=O)c-2c1. The number of carbonyl (C=O) groups excluding carboxylic acids is 1. The van der Waals surface area contributed by atoms with Crippen LogP contribution in [0.3, 0.4) is 0 Å². The summed E-state index contributed by atoms with van der Waals surface area (Å²) in [6.45, 7) is 0.627. The summed E-state index contributed by atoms with van der Waals surface area (Å²) in [4.78, 5) is 28.1. The molecule has 0 N–H and O–H groups in total. The second-order valence-electron chi connectivity index (χ2n) is 6.99. The molecular formula is C22H18N4O2. The molecule has 28 heavy (non-hydrogen) atoms. The molecule has 0 radical (unpaired) electrons. The van der Waals surface area contributed by atoms with Crippen LogP contribution in [0, 0.1) is 0 Å². The fourth-order valence-corrected chi connectivity index (χ4v) is 3.83. The smallest absolute Gasteiger partial charge is 0.282 e. The molecule has 0 aromatic heterocycles. The Kier molecular flexibility index (Phi) is 3.65. The van der Waals surface area contributed by atoms with Crippen molar-refractivity contribution in [3.63, 3.8) is 0 Å². The quantitative estimate of drug-likeness (QED) is 0.545. The summed E-state index contributed by atoms with van der Waals surface area (Å²) in [6.07, 6.45) is 4.29. The molecule has 0 unspecified atom stereocenters. The molecule has 6 heteroatoms. The van der Waals surface area contributed by atoms with Crippen LogP contribution in [0.4, 0.5) is 5.69 Å². The summed E-state index contributed by atoms with van der Waals surface area (Å²) in [6, 6.07) is 17.2. The van der Waals surface area contributed by atoms with Crippen molar-refractivity contribution in [3.8, 4) is 16.9 Å². The molecule has 0 saturated carbocycles. The Hall–Kier alpha value is -3.67. The van der Waals surface area contributed by atoms with Gasteiger partial charge in [0.1, 0.15) is 5.69 Å². The molecule has 0 atom stereocenters. The van der Waals surface area contributed by atoms with Gasteiger partial charge in [-0.25, -0.2) is 0 Å². The molecule has 0 saturated heterocycles. The van der Waals surface area contributed by atoms with Gasteiger partial charge in [0, 0.05) is 31.7 Å². The van der Waals surface area contributed by atoms with Gasteiger partial charge in [-0.2, -0.15) is 9.78 Å². The predicted molar refractivity (Wildman–Crippen MR) is 107 cm³/mol. The number of nitrogens with zero attached hydrogens (tertiary/aromatic N) is 4. The molecule has 3 aliphatic rings. The first-order valence-electron chi connectivity index (χ1n) is 9.18. The number of carbonyl (C=O) groups is 1. The molecule has 2 aromatic rings. The maximum absolute atomic E-state index is 13.4. The van der Waals surface area contributed by atoms with E-state index in [1.807, 2.05) is 61.6 Å². The molecule has 5 rings (SSSR count). The fourth-order valence-electron chi connectivity index (χ4n) is 3.83. The van der Waals surface area contributed by atoms with Crippen molar-refractivity contribution in [2.45, 2.75) is 6.42 Å². The Labute approximate surface area is 161 Å². The zero-order valence-corrected chi connectivity index (χ0v) is 15.4. The van der Waals surface area contributed by atoms with Crippen molar-refractivity contribution >= 4 is 11.6 Å². The van der Waals surface area contributed by atoms with Crippen LogP contribution in [-0.4, -0.2) is 26.8 Å². The molecule has 138 valence electrons. The first-order chi connectivity index (χ1) is 13.6. The number of amides is 1. The number of fused-ring (bicyclic) bond motifs is 2. The molecule has 3 heterocycles. The third-order valence-corrected chi connectivity index (χ3v) is 5.16. The number of rotatable bonds is 2. The van der Waals surface area contributed by atoms with Crippen molar-refractivity contribution in [3.05, 3.63) is 88.5 Å². The predicted octanol–water partition coefficient (Wildman–Crippen LogP) is 2.88. The van der Waals surface area contributed by atoms with E-state index in [0.717, 1.165) is 17.7 Å². The van der Waals surface area contributed by atoms with E-state index in [9.17, 15) is 9.59 Å². The highest BCUT2D eigenvalue weighted by molar-refractivity contribution is 6.10.